The highest BCUT2D eigenvalue weighted by Crippen LogP contribution is 2.31. The van der Waals surface area contributed by atoms with Crippen LogP contribution in [-0.2, 0) is 16.1 Å². The van der Waals surface area contributed by atoms with Crippen molar-refractivity contribution in [1.29, 1.82) is 0 Å². The summed E-state index contributed by atoms with van der Waals surface area (Å²) in [5.74, 6) is 1.47. The molecule has 0 atom stereocenters. The fraction of sp³-hybridized carbons (Fsp3) is 0.364. The molecule has 0 unspecified atom stereocenters. The second-order valence-electron chi connectivity index (χ2n) is 6.62. The molecule has 0 saturated heterocycles. The van der Waals surface area contributed by atoms with Crippen LogP contribution in [0.4, 0.5) is 5.69 Å². The molecule has 0 spiro atoms. The third-order valence-electron chi connectivity index (χ3n) is 4.53. The number of aliphatic imine (C=N–C) groups is 1. The highest BCUT2D eigenvalue weighted by molar-refractivity contribution is 5.97. The average molecular weight is 396 g/mol. The zero-order chi connectivity index (χ0) is 20.3. The second-order valence-corrected chi connectivity index (χ2v) is 6.62. The summed E-state index contributed by atoms with van der Waals surface area (Å²) in [6, 6.07) is 17.7. The largest absolute Gasteiger partial charge is 0.482 e. The van der Waals surface area contributed by atoms with Gasteiger partial charge in [-0.1, -0.05) is 42.5 Å². The first-order valence-electron chi connectivity index (χ1n) is 9.86. The van der Waals surface area contributed by atoms with Crippen LogP contribution in [0.3, 0.4) is 0 Å². The molecule has 1 aliphatic rings. The van der Waals surface area contributed by atoms with Gasteiger partial charge in [0.05, 0.1) is 18.9 Å². The Labute approximate surface area is 171 Å². The topological polar surface area (TPSA) is 75.2 Å². The highest BCUT2D eigenvalue weighted by Gasteiger charge is 2.24. The number of para-hydroxylation sites is 2. The van der Waals surface area contributed by atoms with Crippen LogP contribution in [0.1, 0.15) is 12.0 Å². The van der Waals surface area contributed by atoms with E-state index in [1.165, 1.54) is 0 Å². The van der Waals surface area contributed by atoms with Gasteiger partial charge in [0.2, 0.25) is 0 Å². The summed E-state index contributed by atoms with van der Waals surface area (Å²) in [5.41, 5.74) is 2.00. The summed E-state index contributed by atoms with van der Waals surface area (Å²) in [7, 11) is 1.74. The molecule has 0 aliphatic carbocycles. The van der Waals surface area contributed by atoms with Crippen molar-refractivity contribution in [2.45, 2.75) is 13.0 Å². The summed E-state index contributed by atoms with van der Waals surface area (Å²) < 4.78 is 11.1. The summed E-state index contributed by atoms with van der Waals surface area (Å²) >= 11 is 0. The number of anilines is 1. The van der Waals surface area contributed by atoms with Gasteiger partial charge in [0, 0.05) is 26.7 Å². The number of fused-ring (bicyclic) bond motifs is 1. The Morgan fingerprint density at radius 3 is 2.69 bits per heavy atom. The highest BCUT2D eigenvalue weighted by atomic mass is 16.5. The van der Waals surface area contributed by atoms with Crippen LogP contribution in [0.5, 0.6) is 5.75 Å². The molecular formula is C22H28N4O3. The maximum absolute atomic E-state index is 12.2. The minimum atomic E-state index is -0.0122. The van der Waals surface area contributed by atoms with E-state index >= 15 is 0 Å². The van der Waals surface area contributed by atoms with Crippen molar-refractivity contribution in [3.8, 4) is 5.75 Å². The lowest BCUT2D eigenvalue weighted by Crippen LogP contribution is -2.42. The van der Waals surface area contributed by atoms with Crippen LogP contribution in [0, 0.1) is 0 Å². The Morgan fingerprint density at radius 2 is 1.86 bits per heavy atom. The third-order valence-corrected chi connectivity index (χ3v) is 4.53. The normalized spacial score (nSPS) is 13.6. The van der Waals surface area contributed by atoms with Gasteiger partial charge in [-0.2, -0.15) is 0 Å². The number of benzene rings is 2. The maximum atomic E-state index is 12.2. The molecule has 0 aromatic heterocycles. The smallest absolute Gasteiger partial charge is 0.265 e. The predicted molar refractivity (Wildman–Crippen MR) is 114 cm³/mol. The molecule has 1 amide bonds. The molecule has 2 aromatic rings. The standard InChI is InChI=1S/C22H28N4O3/c1-23-22(25-13-15-28-16-18-8-3-2-4-9-18)24-12-7-14-26-19-10-5-6-11-20(19)29-17-21(26)27/h2-6,8-11H,7,12-17H2,1H3,(H2,23,24,25). The number of carbonyl (C=O) groups excluding carboxylic acids is 1. The number of nitrogens with one attached hydrogen (secondary N) is 2. The molecule has 3 rings (SSSR count). The Bertz CT molecular complexity index is 811. The SMILES string of the molecule is CN=C(NCCCN1C(=O)COc2ccccc21)NCCOCc1ccccc1. The number of amides is 1. The average Bonchev–Trinajstić information content (AvgIpc) is 2.77. The van der Waals surface area contributed by atoms with Crippen LogP contribution in [0.15, 0.2) is 59.6 Å². The van der Waals surface area contributed by atoms with Crippen molar-refractivity contribution >= 4 is 17.6 Å². The van der Waals surface area contributed by atoms with Crippen molar-refractivity contribution in [3.63, 3.8) is 0 Å². The molecule has 0 fully saturated rings. The van der Waals surface area contributed by atoms with E-state index in [-0.39, 0.29) is 12.5 Å². The number of guanidine groups is 1. The van der Waals surface area contributed by atoms with Crippen LogP contribution in [0.25, 0.3) is 0 Å². The van der Waals surface area contributed by atoms with Crippen molar-refractivity contribution in [3.05, 3.63) is 60.2 Å². The van der Waals surface area contributed by atoms with E-state index in [9.17, 15) is 4.79 Å². The van der Waals surface area contributed by atoms with Crippen molar-refractivity contribution in [2.75, 3.05) is 44.8 Å². The summed E-state index contributed by atoms with van der Waals surface area (Å²) in [6.07, 6.45) is 0.797. The van der Waals surface area contributed by atoms with Crippen molar-refractivity contribution < 1.29 is 14.3 Å². The lowest BCUT2D eigenvalue weighted by atomic mass is 10.2. The zero-order valence-electron chi connectivity index (χ0n) is 16.8. The number of hydrogen-bond acceptors (Lipinski definition) is 4. The van der Waals surface area contributed by atoms with Gasteiger partial charge in [-0.15, -0.1) is 0 Å². The number of carbonyl (C=O) groups is 1. The van der Waals surface area contributed by atoms with E-state index in [1.807, 2.05) is 54.6 Å². The maximum Gasteiger partial charge on any atom is 0.265 e. The molecule has 29 heavy (non-hydrogen) atoms. The van der Waals surface area contributed by atoms with Gasteiger partial charge >= 0.3 is 0 Å². The van der Waals surface area contributed by atoms with Crippen LogP contribution in [0.2, 0.25) is 0 Å². The first-order chi connectivity index (χ1) is 14.3. The molecule has 7 heteroatoms. The van der Waals surface area contributed by atoms with Gasteiger partial charge in [0.15, 0.2) is 12.6 Å². The first-order valence-corrected chi connectivity index (χ1v) is 9.86. The Kier molecular flexibility index (Phi) is 7.89. The lowest BCUT2D eigenvalue weighted by molar-refractivity contribution is -0.121. The Hall–Kier alpha value is -3.06. The Balaban J connectivity index is 1.32. The fourth-order valence-corrected chi connectivity index (χ4v) is 3.07. The van der Waals surface area contributed by atoms with Crippen molar-refractivity contribution in [2.24, 2.45) is 4.99 Å². The van der Waals surface area contributed by atoms with E-state index < -0.39 is 0 Å². The minimum Gasteiger partial charge on any atom is -0.482 e. The van der Waals surface area contributed by atoms with Gasteiger partial charge in [-0.25, -0.2) is 0 Å². The van der Waals surface area contributed by atoms with Gasteiger partial charge < -0.3 is 25.0 Å². The third kappa shape index (κ3) is 6.22. The van der Waals surface area contributed by atoms with Crippen LogP contribution in [-0.4, -0.2) is 51.8 Å². The van der Waals surface area contributed by atoms with Gasteiger partial charge in [0.25, 0.3) is 5.91 Å². The first kappa shape index (κ1) is 20.7. The number of ether oxygens (including phenoxy) is 2. The quantitative estimate of drug-likeness (QED) is 0.386. The van der Waals surface area contributed by atoms with Gasteiger partial charge in [-0.3, -0.25) is 9.79 Å². The molecule has 0 saturated carbocycles. The van der Waals surface area contributed by atoms with Gasteiger partial charge in [-0.05, 0) is 24.1 Å². The molecular weight excluding hydrogens is 368 g/mol. The van der Waals surface area contributed by atoms with E-state index in [2.05, 4.69) is 15.6 Å². The molecule has 0 radical (unpaired) electrons. The Morgan fingerprint density at radius 1 is 1.10 bits per heavy atom. The van der Waals surface area contributed by atoms with E-state index in [0.717, 1.165) is 29.4 Å². The number of hydrogen-bond donors (Lipinski definition) is 2. The summed E-state index contributed by atoms with van der Waals surface area (Å²) in [5, 5.41) is 6.50. The molecule has 2 N–H and O–H groups in total. The van der Waals surface area contributed by atoms with Crippen molar-refractivity contribution in [1.82, 2.24) is 10.6 Å². The molecule has 0 bridgehead atoms. The van der Waals surface area contributed by atoms with E-state index in [4.69, 9.17) is 9.47 Å². The fourth-order valence-electron chi connectivity index (χ4n) is 3.07. The monoisotopic (exact) mass is 396 g/mol. The number of rotatable bonds is 9. The molecule has 2 aromatic carbocycles. The lowest BCUT2D eigenvalue weighted by Gasteiger charge is -2.29. The molecule has 1 aliphatic heterocycles. The predicted octanol–water partition coefficient (Wildman–Crippen LogP) is 2.18. The zero-order valence-corrected chi connectivity index (χ0v) is 16.8. The second kappa shape index (κ2) is 11.1. The van der Waals surface area contributed by atoms with Gasteiger partial charge in [0.1, 0.15) is 5.75 Å². The number of nitrogens with zero attached hydrogens (tertiary/aromatic N) is 2. The summed E-state index contributed by atoms with van der Waals surface area (Å²) in [4.78, 5) is 18.2. The minimum absolute atomic E-state index is 0.0122. The van der Waals surface area contributed by atoms with Crippen LogP contribution >= 0.6 is 0 Å². The van der Waals surface area contributed by atoms with E-state index in [0.29, 0.717) is 32.8 Å². The molecule has 154 valence electrons. The summed E-state index contributed by atoms with van der Waals surface area (Å²) in [6.45, 7) is 3.29. The van der Waals surface area contributed by atoms with Crippen LogP contribution < -0.4 is 20.3 Å². The molecule has 1 heterocycles. The molecule has 7 nitrogen and oxygen atoms in total. The van der Waals surface area contributed by atoms with E-state index in [1.54, 1.807) is 11.9 Å².